The van der Waals surface area contributed by atoms with Crippen molar-refractivity contribution in [2.24, 2.45) is 0 Å². The average molecular weight is 195 g/mol. The molecule has 1 heterocycles. The minimum Gasteiger partial charge on any atom is -0.313 e. The minimum absolute atomic E-state index is 0.582. The van der Waals surface area contributed by atoms with Crippen LogP contribution < -0.4 is 5.32 Å². The first-order chi connectivity index (χ1) is 6.86. The van der Waals surface area contributed by atoms with Gasteiger partial charge in [-0.2, -0.15) is 5.26 Å². The standard InChI is InChI=1S/C11H21N3/c1-2-3-8-14(9-6-12)10-11-5-4-7-13-11/h11,13H,2-5,7-10H2,1H3. The summed E-state index contributed by atoms with van der Waals surface area (Å²) in [5.74, 6) is 0. The van der Waals surface area contributed by atoms with Gasteiger partial charge in [-0.25, -0.2) is 0 Å². The molecule has 3 nitrogen and oxygen atoms in total. The molecule has 1 saturated heterocycles. The smallest absolute Gasteiger partial charge is 0.0866 e. The lowest BCUT2D eigenvalue weighted by molar-refractivity contribution is 0.272. The summed E-state index contributed by atoms with van der Waals surface area (Å²) in [6.45, 7) is 6.05. The SMILES string of the molecule is CCCCN(CC#N)CC1CCCN1. The van der Waals surface area contributed by atoms with Crippen LogP contribution in [0.3, 0.4) is 0 Å². The van der Waals surface area contributed by atoms with Crippen LogP contribution in [0.1, 0.15) is 32.6 Å². The molecule has 3 heteroatoms. The van der Waals surface area contributed by atoms with E-state index in [0.717, 1.165) is 19.6 Å². The monoisotopic (exact) mass is 195 g/mol. The molecule has 1 fully saturated rings. The Morgan fingerprint density at radius 2 is 2.43 bits per heavy atom. The molecule has 0 aromatic heterocycles. The van der Waals surface area contributed by atoms with Gasteiger partial charge in [-0.15, -0.1) is 0 Å². The predicted molar refractivity (Wildman–Crippen MR) is 58.0 cm³/mol. The molecule has 0 aliphatic carbocycles. The number of nitrogens with one attached hydrogen (secondary N) is 1. The zero-order valence-electron chi connectivity index (χ0n) is 9.13. The third-order valence-electron chi connectivity index (χ3n) is 2.76. The maximum absolute atomic E-state index is 8.70. The summed E-state index contributed by atoms with van der Waals surface area (Å²) in [7, 11) is 0. The largest absolute Gasteiger partial charge is 0.313 e. The van der Waals surface area contributed by atoms with E-state index in [2.05, 4.69) is 23.2 Å². The van der Waals surface area contributed by atoms with Gasteiger partial charge in [0, 0.05) is 12.6 Å². The molecule has 0 amide bonds. The van der Waals surface area contributed by atoms with Crippen molar-refractivity contribution in [3.05, 3.63) is 0 Å². The first-order valence-electron chi connectivity index (χ1n) is 5.69. The zero-order chi connectivity index (χ0) is 10.2. The van der Waals surface area contributed by atoms with Crippen LogP contribution in [-0.2, 0) is 0 Å². The van der Waals surface area contributed by atoms with Gasteiger partial charge in [0.05, 0.1) is 12.6 Å². The van der Waals surface area contributed by atoms with Crippen molar-refractivity contribution in [3.63, 3.8) is 0 Å². The molecule has 0 aromatic rings. The molecule has 0 saturated carbocycles. The zero-order valence-corrected chi connectivity index (χ0v) is 9.13. The molecule has 0 spiro atoms. The molecule has 1 unspecified atom stereocenters. The lowest BCUT2D eigenvalue weighted by Crippen LogP contribution is -2.38. The molecule has 1 aliphatic rings. The maximum Gasteiger partial charge on any atom is 0.0866 e. The van der Waals surface area contributed by atoms with E-state index >= 15 is 0 Å². The summed E-state index contributed by atoms with van der Waals surface area (Å²) in [6, 6.07) is 2.87. The molecule has 0 bridgehead atoms. The van der Waals surface area contributed by atoms with Gasteiger partial charge in [0.1, 0.15) is 0 Å². The van der Waals surface area contributed by atoms with Crippen molar-refractivity contribution < 1.29 is 0 Å². The predicted octanol–water partition coefficient (Wildman–Crippen LogP) is 1.36. The van der Waals surface area contributed by atoms with Gasteiger partial charge in [-0.3, -0.25) is 4.90 Å². The van der Waals surface area contributed by atoms with Gasteiger partial charge in [0.2, 0.25) is 0 Å². The lowest BCUT2D eigenvalue weighted by atomic mass is 10.2. The fourth-order valence-electron chi connectivity index (χ4n) is 1.94. The maximum atomic E-state index is 8.70. The molecule has 1 atom stereocenters. The average Bonchev–Trinajstić information content (AvgIpc) is 2.67. The van der Waals surface area contributed by atoms with Crippen molar-refractivity contribution >= 4 is 0 Å². The van der Waals surface area contributed by atoms with Crippen molar-refractivity contribution in [2.45, 2.75) is 38.6 Å². The summed E-state index contributed by atoms with van der Waals surface area (Å²) in [5.41, 5.74) is 0. The highest BCUT2D eigenvalue weighted by molar-refractivity contribution is 4.82. The van der Waals surface area contributed by atoms with Crippen LogP contribution in [-0.4, -0.2) is 37.1 Å². The quantitative estimate of drug-likeness (QED) is 0.650. The Kier molecular flexibility index (Phi) is 5.58. The summed E-state index contributed by atoms with van der Waals surface area (Å²) >= 11 is 0. The highest BCUT2D eigenvalue weighted by Crippen LogP contribution is 2.07. The van der Waals surface area contributed by atoms with E-state index in [9.17, 15) is 0 Å². The summed E-state index contributed by atoms with van der Waals surface area (Å²) < 4.78 is 0. The Balaban J connectivity index is 2.22. The van der Waals surface area contributed by atoms with Gasteiger partial charge >= 0.3 is 0 Å². The molecular formula is C11H21N3. The summed E-state index contributed by atoms with van der Waals surface area (Å²) in [4.78, 5) is 2.27. The Bertz CT molecular complexity index is 179. The number of rotatable bonds is 6. The second-order valence-corrected chi connectivity index (χ2v) is 4.04. The van der Waals surface area contributed by atoms with Crippen molar-refractivity contribution in [1.82, 2.24) is 10.2 Å². The fourth-order valence-corrected chi connectivity index (χ4v) is 1.94. The van der Waals surface area contributed by atoms with Gasteiger partial charge < -0.3 is 5.32 Å². The number of hydrogen-bond donors (Lipinski definition) is 1. The van der Waals surface area contributed by atoms with E-state index in [1.54, 1.807) is 0 Å². The lowest BCUT2D eigenvalue weighted by Gasteiger charge is -2.22. The topological polar surface area (TPSA) is 39.1 Å². The Morgan fingerprint density at radius 1 is 1.57 bits per heavy atom. The third-order valence-corrected chi connectivity index (χ3v) is 2.76. The minimum atomic E-state index is 0.582. The molecule has 80 valence electrons. The Hall–Kier alpha value is -0.590. The van der Waals surface area contributed by atoms with Gasteiger partial charge in [-0.05, 0) is 32.4 Å². The molecule has 1 rings (SSSR count). The van der Waals surface area contributed by atoms with E-state index in [1.807, 2.05) is 0 Å². The van der Waals surface area contributed by atoms with Crippen LogP contribution in [0.5, 0.6) is 0 Å². The molecule has 1 aliphatic heterocycles. The van der Waals surface area contributed by atoms with Crippen molar-refractivity contribution in [2.75, 3.05) is 26.2 Å². The first kappa shape index (κ1) is 11.5. The van der Waals surface area contributed by atoms with Crippen LogP contribution in [0.15, 0.2) is 0 Å². The number of nitrogens with zero attached hydrogens (tertiary/aromatic N) is 2. The fraction of sp³-hybridized carbons (Fsp3) is 0.909. The Labute approximate surface area is 87.1 Å². The second kappa shape index (κ2) is 6.80. The van der Waals surface area contributed by atoms with Crippen molar-refractivity contribution in [3.8, 4) is 6.07 Å². The number of nitriles is 1. The second-order valence-electron chi connectivity index (χ2n) is 4.04. The highest BCUT2D eigenvalue weighted by Gasteiger charge is 2.16. The summed E-state index contributed by atoms with van der Waals surface area (Å²) in [5, 5.41) is 12.2. The van der Waals surface area contributed by atoms with E-state index in [4.69, 9.17) is 5.26 Å². The number of hydrogen-bond acceptors (Lipinski definition) is 3. The number of unbranched alkanes of at least 4 members (excludes halogenated alkanes) is 1. The Morgan fingerprint density at radius 3 is 3.00 bits per heavy atom. The van der Waals surface area contributed by atoms with Crippen LogP contribution in [0.25, 0.3) is 0 Å². The van der Waals surface area contributed by atoms with Crippen LogP contribution in [0, 0.1) is 11.3 Å². The van der Waals surface area contributed by atoms with Crippen molar-refractivity contribution in [1.29, 1.82) is 5.26 Å². The van der Waals surface area contributed by atoms with E-state index in [0.29, 0.717) is 12.6 Å². The normalized spacial score (nSPS) is 21.4. The van der Waals surface area contributed by atoms with E-state index < -0.39 is 0 Å². The van der Waals surface area contributed by atoms with E-state index in [1.165, 1.54) is 25.7 Å². The molecule has 0 radical (unpaired) electrons. The van der Waals surface area contributed by atoms with Crippen LogP contribution in [0.2, 0.25) is 0 Å². The first-order valence-corrected chi connectivity index (χ1v) is 5.69. The van der Waals surface area contributed by atoms with Gasteiger partial charge in [-0.1, -0.05) is 13.3 Å². The highest BCUT2D eigenvalue weighted by atomic mass is 15.1. The molecular weight excluding hydrogens is 174 g/mol. The molecule has 0 aromatic carbocycles. The summed E-state index contributed by atoms with van der Waals surface area (Å²) in [6.07, 6.45) is 4.97. The van der Waals surface area contributed by atoms with Gasteiger partial charge in [0.15, 0.2) is 0 Å². The van der Waals surface area contributed by atoms with Gasteiger partial charge in [0.25, 0.3) is 0 Å². The third kappa shape index (κ3) is 4.08. The van der Waals surface area contributed by atoms with Crippen LogP contribution in [0.4, 0.5) is 0 Å². The molecule has 1 N–H and O–H groups in total. The van der Waals surface area contributed by atoms with Crippen LogP contribution >= 0.6 is 0 Å². The molecule has 14 heavy (non-hydrogen) atoms. The van der Waals surface area contributed by atoms with E-state index in [-0.39, 0.29) is 0 Å².